The van der Waals surface area contributed by atoms with E-state index in [4.69, 9.17) is 9.47 Å². The number of carbonyl (C=O) groups is 3. The molecule has 0 spiro atoms. The topological polar surface area (TPSA) is 125 Å². The molecule has 9 nitrogen and oxygen atoms in total. The molecule has 0 saturated heterocycles. The summed E-state index contributed by atoms with van der Waals surface area (Å²) >= 11 is 0. The zero-order chi connectivity index (χ0) is 26.0. The van der Waals surface area contributed by atoms with Gasteiger partial charge in [-0.05, 0) is 30.4 Å². The minimum atomic E-state index is -1.04. The fourth-order valence-electron chi connectivity index (χ4n) is 4.90. The van der Waals surface area contributed by atoms with Gasteiger partial charge in [0.1, 0.15) is 12.5 Å². The number of non-ortho nitro benzene ring substituents is 1. The van der Waals surface area contributed by atoms with E-state index in [1.807, 2.05) is 30.3 Å². The Balaban J connectivity index is 1.80. The van der Waals surface area contributed by atoms with E-state index in [1.54, 1.807) is 19.9 Å². The highest BCUT2D eigenvalue weighted by Crippen LogP contribution is 2.46. The molecule has 0 saturated carbocycles. The van der Waals surface area contributed by atoms with Crippen LogP contribution in [0.15, 0.2) is 77.1 Å². The molecule has 2 aromatic rings. The molecular weight excluding hydrogens is 464 g/mol. The number of ether oxygens (including phenoxy) is 2. The molecule has 0 fully saturated rings. The van der Waals surface area contributed by atoms with Crippen molar-refractivity contribution in [2.75, 3.05) is 7.11 Å². The van der Waals surface area contributed by atoms with Crippen molar-refractivity contribution in [3.05, 3.63) is 98.4 Å². The monoisotopic (exact) mass is 490 g/mol. The predicted molar refractivity (Wildman–Crippen MR) is 129 cm³/mol. The van der Waals surface area contributed by atoms with E-state index in [9.17, 15) is 24.5 Å². The molecule has 186 valence electrons. The third kappa shape index (κ3) is 4.64. The van der Waals surface area contributed by atoms with Crippen LogP contribution in [0.1, 0.15) is 37.3 Å². The number of allylic oxidation sites excluding steroid dienone is 3. The predicted octanol–water partition coefficient (Wildman–Crippen LogP) is 3.95. The summed E-state index contributed by atoms with van der Waals surface area (Å²) in [4.78, 5) is 50.6. The standard InChI is InChI=1S/C27H26N2O7/c1-15-12-20-24(25(30)21(15)26(31)35-3)23(18-10-7-11-19(13-18)29(33)34)22(16(2)28-20)27(32)36-14-17-8-5-4-6-9-17/h4-11,13,15,21,23,28H,12,14H2,1-3H3/t15-,21-,23+/m0/s1. The number of benzene rings is 2. The summed E-state index contributed by atoms with van der Waals surface area (Å²) in [7, 11) is 1.22. The number of hydrogen-bond donors (Lipinski definition) is 1. The summed E-state index contributed by atoms with van der Waals surface area (Å²) in [5.74, 6) is -4.11. The van der Waals surface area contributed by atoms with Crippen LogP contribution in [0.25, 0.3) is 0 Å². The molecule has 3 atom stereocenters. The first-order valence-electron chi connectivity index (χ1n) is 11.5. The van der Waals surface area contributed by atoms with Gasteiger partial charge in [0.2, 0.25) is 0 Å². The largest absolute Gasteiger partial charge is 0.468 e. The molecule has 1 aliphatic heterocycles. The van der Waals surface area contributed by atoms with Gasteiger partial charge in [0.25, 0.3) is 5.69 Å². The Morgan fingerprint density at radius 1 is 1.14 bits per heavy atom. The van der Waals surface area contributed by atoms with Gasteiger partial charge >= 0.3 is 11.9 Å². The number of ketones is 1. The molecule has 2 aromatic carbocycles. The molecule has 9 heteroatoms. The average molecular weight is 491 g/mol. The van der Waals surface area contributed by atoms with Crippen LogP contribution in [0.5, 0.6) is 0 Å². The summed E-state index contributed by atoms with van der Waals surface area (Å²) < 4.78 is 10.5. The molecule has 1 N–H and O–H groups in total. The number of hydrogen-bond acceptors (Lipinski definition) is 8. The van der Waals surface area contributed by atoms with Crippen LogP contribution in [0.4, 0.5) is 5.69 Å². The van der Waals surface area contributed by atoms with E-state index in [0.29, 0.717) is 23.4 Å². The molecule has 36 heavy (non-hydrogen) atoms. The molecule has 0 amide bonds. The van der Waals surface area contributed by atoms with Crippen LogP contribution in [-0.4, -0.2) is 29.8 Å². The van der Waals surface area contributed by atoms with Gasteiger partial charge in [0.05, 0.1) is 17.6 Å². The lowest BCUT2D eigenvalue weighted by Gasteiger charge is -2.38. The van der Waals surface area contributed by atoms with E-state index < -0.39 is 34.5 Å². The minimum absolute atomic E-state index is 0.0137. The lowest BCUT2D eigenvalue weighted by atomic mass is 9.69. The van der Waals surface area contributed by atoms with Crippen molar-refractivity contribution in [3.8, 4) is 0 Å². The highest BCUT2D eigenvalue weighted by molar-refractivity contribution is 6.12. The Labute approximate surface area is 207 Å². The Morgan fingerprint density at radius 2 is 1.86 bits per heavy atom. The van der Waals surface area contributed by atoms with Gasteiger partial charge in [-0.1, -0.05) is 49.4 Å². The smallest absolute Gasteiger partial charge is 0.337 e. The lowest BCUT2D eigenvalue weighted by Crippen LogP contribution is -2.43. The van der Waals surface area contributed by atoms with Gasteiger partial charge in [-0.15, -0.1) is 0 Å². The number of nitro benzene ring substituents is 1. The Bertz CT molecular complexity index is 1300. The normalized spacial score (nSPS) is 21.4. The van der Waals surface area contributed by atoms with Gasteiger partial charge in [0.15, 0.2) is 5.78 Å². The van der Waals surface area contributed by atoms with Crippen LogP contribution < -0.4 is 5.32 Å². The van der Waals surface area contributed by atoms with Gasteiger partial charge in [0, 0.05) is 35.0 Å². The SMILES string of the molecule is COC(=O)[C@@H]1C(=O)C2=C(C[C@@H]1C)NC(C)=C(C(=O)OCc1ccccc1)[C@H]2c1cccc([N+](=O)[O-])c1. The van der Waals surface area contributed by atoms with Crippen molar-refractivity contribution in [1.82, 2.24) is 5.32 Å². The molecule has 1 aliphatic carbocycles. The van der Waals surface area contributed by atoms with Gasteiger partial charge in [-0.3, -0.25) is 19.7 Å². The summed E-state index contributed by atoms with van der Waals surface area (Å²) in [6.45, 7) is 3.50. The van der Waals surface area contributed by atoms with Crippen LogP contribution in [0, 0.1) is 22.0 Å². The molecule has 0 unspecified atom stereocenters. The van der Waals surface area contributed by atoms with E-state index in [1.165, 1.54) is 25.3 Å². The minimum Gasteiger partial charge on any atom is -0.468 e. The third-order valence-corrected chi connectivity index (χ3v) is 6.59. The Hall–Kier alpha value is -4.27. The third-order valence-electron chi connectivity index (χ3n) is 6.59. The van der Waals surface area contributed by atoms with Crippen molar-refractivity contribution in [2.24, 2.45) is 11.8 Å². The van der Waals surface area contributed by atoms with Crippen molar-refractivity contribution in [3.63, 3.8) is 0 Å². The number of nitro groups is 1. The van der Waals surface area contributed by atoms with Crippen molar-refractivity contribution >= 4 is 23.4 Å². The zero-order valence-corrected chi connectivity index (χ0v) is 20.1. The maximum Gasteiger partial charge on any atom is 0.337 e. The maximum absolute atomic E-state index is 13.7. The van der Waals surface area contributed by atoms with E-state index in [-0.39, 0.29) is 29.4 Å². The number of nitrogens with one attached hydrogen (secondary N) is 1. The number of carbonyl (C=O) groups excluding carboxylic acids is 3. The van der Waals surface area contributed by atoms with E-state index in [2.05, 4.69) is 5.32 Å². The van der Waals surface area contributed by atoms with E-state index >= 15 is 0 Å². The number of Topliss-reactive ketones (excluding diaryl/α,β-unsaturated/α-hetero) is 1. The summed E-state index contributed by atoms with van der Waals surface area (Å²) in [6, 6.07) is 15.0. The van der Waals surface area contributed by atoms with Crippen LogP contribution in [-0.2, 0) is 30.5 Å². The highest BCUT2D eigenvalue weighted by atomic mass is 16.6. The molecule has 0 aromatic heterocycles. The number of methoxy groups -OCH3 is 1. The Kier molecular flexibility index (Phi) is 7.00. The number of esters is 2. The second-order valence-corrected chi connectivity index (χ2v) is 8.95. The van der Waals surface area contributed by atoms with Crippen molar-refractivity contribution in [2.45, 2.75) is 32.8 Å². The second-order valence-electron chi connectivity index (χ2n) is 8.95. The van der Waals surface area contributed by atoms with Crippen molar-refractivity contribution in [1.29, 1.82) is 0 Å². The summed E-state index contributed by atoms with van der Waals surface area (Å²) in [5.41, 5.74) is 2.45. The molecular formula is C27H26N2O7. The highest BCUT2D eigenvalue weighted by Gasteiger charge is 2.47. The van der Waals surface area contributed by atoms with Crippen LogP contribution >= 0.6 is 0 Å². The first kappa shape index (κ1) is 24.8. The fourth-order valence-corrected chi connectivity index (χ4v) is 4.90. The molecule has 1 heterocycles. The van der Waals surface area contributed by atoms with Gasteiger partial charge in [-0.2, -0.15) is 0 Å². The summed E-state index contributed by atoms with van der Waals surface area (Å²) in [5, 5.41) is 14.7. The van der Waals surface area contributed by atoms with Gasteiger partial charge < -0.3 is 14.8 Å². The summed E-state index contributed by atoms with van der Waals surface area (Å²) in [6.07, 6.45) is 0.371. The quantitative estimate of drug-likeness (QED) is 0.279. The molecule has 2 aliphatic rings. The second kappa shape index (κ2) is 10.2. The number of rotatable bonds is 6. The van der Waals surface area contributed by atoms with Crippen molar-refractivity contribution < 1.29 is 28.8 Å². The first-order valence-corrected chi connectivity index (χ1v) is 11.5. The molecule has 4 rings (SSSR count). The van der Waals surface area contributed by atoms with Crippen LogP contribution in [0.3, 0.4) is 0 Å². The maximum atomic E-state index is 13.7. The molecule has 0 radical (unpaired) electrons. The van der Waals surface area contributed by atoms with Crippen LogP contribution in [0.2, 0.25) is 0 Å². The molecule has 0 bridgehead atoms. The zero-order valence-electron chi connectivity index (χ0n) is 20.1. The van der Waals surface area contributed by atoms with Gasteiger partial charge in [-0.25, -0.2) is 4.79 Å². The fraction of sp³-hybridized carbons (Fsp3) is 0.296. The number of nitrogens with zero attached hydrogens (tertiary/aromatic N) is 1. The average Bonchev–Trinajstić information content (AvgIpc) is 2.86. The first-order chi connectivity index (χ1) is 17.2. The number of dihydropyridines is 1. The Morgan fingerprint density at radius 3 is 2.53 bits per heavy atom. The van der Waals surface area contributed by atoms with E-state index in [0.717, 1.165) is 5.56 Å². The lowest BCUT2D eigenvalue weighted by molar-refractivity contribution is -0.384.